The molecule has 0 aliphatic carbocycles. The number of thiazole rings is 1. The van der Waals surface area contributed by atoms with Gasteiger partial charge in [0, 0.05) is 6.20 Å². The summed E-state index contributed by atoms with van der Waals surface area (Å²) in [4.78, 5) is 28.3. The summed E-state index contributed by atoms with van der Waals surface area (Å²) in [7, 11) is 0. The zero-order valence-electron chi connectivity index (χ0n) is 17.3. The van der Waals surface area contributed by atoms with E-state index in [1.807, 2.05) is 13.1 Å². The number of fused-ring (bicyclic) bond motifs is 1. The van der Waals surface area contributed by atoms with Crippen molar-refractivity contribution in [2.45, 2.75) is 57.5 Å². The number of rotatable bonds is 8. The van der Waals surface area contributed by atoms with Crippen LogP contribution in [0.3, 0.4) is 0 Å². The molecule has 0 amide bonds. The lowest BCUT2D eigenvalue weighted by atomic mass is 10.0. The lowest BCUT2D eigenvalue weighted by Gasteiger charge is -2.19. The van der Waals surface area contributed by atoms with Crippen molar-refractivity contribution in [2.24, 2.45) is 5.92 Å². The quantitative estimate of drug-likeness (QED) is 0.363. The second-order valence-electron chi connectivity index (χ2n) is 7.68. The van der Waals surface area contributed by atoms with E-state index in [1.165, 1.54) is 11.8 Å². The molecule has 0 aromatic carbocycles. The Morgan fingerprint density at radius 1 is 1.28 bits per heavy atom. The fraction of sp³-hybridized carbons (Fsp3) is 0.500. The summed E-state index contributed by atoms with van der Waals surface area (Å²) in [6.07, 6.45) is 2.66. The van der Waals surface area contributed by atoms with E-state index < -0.39 is 0 Å². The predicted octanol–water partition coefficient (Wildman–Crippen LogP) is 4.06. The Hall–Kier alpha value is -1.97. The van der Waals surface area contributed by atoms with E-state index in [1.54, 1.807) is 0 Å². The molecule has 2 unspecified atom stereocenters. The third-order valence-electron chi connectivity index (χ3n) is 4.50. The lowest BCUT2D eigenvalue weighted by Crippen LogP contribution is -2.26. The molecule has 7 nitrogen and oxygen atoms in total. The van der Waals surface area contributed by atoms with E-state index in [4.69, 9.17) is 0 Å². The molecule has 3 aromatic heterocycles. The highest BCUT2D eigenvalue weighted by Gasteiger charge is 2.19. The van der Waals surface area contributed by atoms with Crippen molar-refractivity contribution >= 4 is 39.3 Å². The maximum absolute atomic E-state index is 11.9. The van der Waals surface area contributed by atoms with E-state index in [0.29, 0.717) is 27.2 Å². The van der Waals surface area contributed by atoms with Crippen molar-refractivity contribution in [3.63, 3.8) is 0 Å². The number of hydrogen-bond donors (Lipinski definition) is 3. The number of aromatic nitrogens is 4. The number of aliphatic hydroxyl groups is 1. The molecule has 3 aromatic rings. The van der Waals surface area contributed by atoms with Gasteiger partial charge in [-0.1, -0.05) is 43.0 Å². The fourth-order valence-electron chi connectivity index (χ4n) is 3.28. The zero-order valence-corrected chi connectivity index (χ0v) is 18.9. The van der Waals surface area contributed by atoms with Gasteiger partial charge in [-0.25, -0.2) is 9.97 Å². The zero-order chi connectivity index (χ0) is 21.1. The average Bonchev–Trinajstić information content (AvgIpc) is 3.01. The average molecular weight is 434 g/mol. The number of aliphatic hydroxyl groups excluding tert-OH is 1. The monoisotopic (exact) mass is 433 g/mol. The smallest absolute Gasteiger partial charge is 0.306 e. The Morgan fingerprint density at radius 2 is 2.03 bits per heavy atom. The van der Waals surface area contributed by atoms with Crippen LogP contribution in [0.5, 0.6) is 0 Å². The van der Waals surface area contributed by atoms with Gasteiger partial charge in [0.1, 0.15) is 4.70 Å². The highest BCUT2D eigenvalue weighted by molar-refractivity contribution is 7.99. The molecule has 3 N–H and O–H groups in total. The van der Waals surface area contributed by atoms with Crippen molar-refractivity contribution in [1.82, 2.24) is 19.9 Å². The molecule has 0 aliphatic heterocycles. The second-order valence-corrected chi connectivity index (χ2v) is 9.97. The number of aromatic amines is 1. The van der Waals surface area contributed by atoms with Gasteiger partial charge in [0.15, 0.2) is 16.6 Å². The number of pyridine rings is 1. The first kappa shape index (κ1) is 21.7. The van der Waals surface area contributed by atoms with Crippen LogP contribution in [0.2, 0.25) is 0 Å². The highest BCUT2D eigenvalue weighted by Crippen LogP contribution is 2.35. The minimum atomic E-state index is -0.173. The summed E-state index contributed by atoms with van der Waals surface area (Å²) in [5, 5.41) is 13.7. The molecule has 156 valence electrons. The van der Waals surface area contributed by atoms with E-state index in [9.17, 15) is 9.90 Å². The predicted molar refractivity (Wildman–Crippen MR) is 120 cm³/mol. The highest BCUT2D eigenvalue weighted by atomic mass is 32.2. The van der Waals surface area contributed by atoms with Crippen molar-refractivity contribution in [1.29, 1.82) is 0 Å². The van der Waals surface area contributed by atoms with Gasteiger partial charge in [0.05, 0.1) is 23.6 Å². The summed E-state index contributed by atoms with van der Waals surface area (Å²) in [6.45, 7) is 10.4. The summed E-state index contributed by atoms with van der Waals surface area (Å²) in [6, 6.07) is 1.98. The van der Waals surface area contributed by atoms with Crippen LogP contribution in [0.25, 0.3) is 10.3 Å². The van der Waals surface area contributed by atoms with Crippen LogP contribution in [0, 0.1) is 19.8 Å². The van der Waals surface area contributed by atoms with Crippen LogP contribution in [0.15, 0.2) is 22.2 Å². The number of nitrogens with one attached hydrogen (secondary N) is 2. The van der Waals surface area contributed by atoms with E-state index in [0.717, 1.165) is 34.6 Å². The molecule has 0 saturated carbocycles. The van der Waals surface area contributed by atoms with Crippen LogP contribution in [-0.4, -0.2) is 37.7 Å². The number of H-pyrrole nitrogens is 1. The largest absolute Gasteiger partial charge is 0.394 e. The molecule has 0 fully saturated rings. The normalized spacial score (nSPS) is 13.8. The molecule has 0 aliphatic rings. The standard InChI is InChI=1S/C20H27N5O2S2/c1-10(2)6-14(9-26)22-17-16-18(25-20(27)29-16)24-19(23-17)28-13(5)15-12(4)7-11(3)8-21-15/h7-8,10,13-14,26H,6,9H2,1-5H3,(H2,22,23,24,25,27). The molecular formula is C20H27N5O2S2. The summed E-state index contributed by atoms with van der Waals surface area (Å²) < 4.78 is 0.679. The summed E-state index contributed by atoms with van der Waals surface area (Å²) in [5.74, 6) is 1.01. The molecule has 2 atom stereocenters. The maximum Gasteiger partial charge on any atom is 0.306 e. The molecule has 0 radical (unpaired) electrons. The van der Waals surface area contributed by atoms with Crippen LogP contribution in [-0.2, 0) is 0 Å². The minimum absolute atomic E-state index is 0.00560. The third-order valence-corrected chi connectivity index (χ3v) is 6.35. The van der Waals surface area contributed by atoms with Crippen LogP contribution in [0.4, 0.5) is 5.82 Å². The van der Waals surface area contributed by atoms with Crippen molar-refractivity contribution < 1.29 is 5.11 Å². The third kappa shape index (κ3) is 5.34. The van der Waals surface area contributed by atoms with E-state index in [-0.39, 0.29) is 22.8 Å². The number of nitrogens with zero attached hydrogens (tertiary/aromatic N) is 3. The molecule has 9 heteroatoms. The first-order chi connectivity index (χ1) is 13.8. The van der Waals surface area contributed by atoms with Crippen molar-refractivity contribution in [2.75, 3.05) is 11.9 Å². The van der Waals surface area contributed by atoms with Crippen LogP contribution >= 0.6 is 23.1 Å². The van der Waals surface area contributed by atoms with Gasteiger partial charge in [-0.2, -0.15) is 0 Å². The Morgan fingerprint density at radius 3 is 2.69 bits per heavy atom. The summed E-state index contributed by atoms with van der Waals surface area (Å²) in [5.41, 5.74) is 3.77. The van der Waals surface area contributed by atoms with Gasteiger partial charge >= 0.3 is 4.87 Å². The number of anilines is 1. The first-order valence-electron chi connectivity index (χ1n) is 9.64. The van der Waals surface area contributed by atoms with Crippen LogP contribution in [0.1, 0.15) is 49.3 Å². The van der Waals surface area contributed by atoms with Gasteiger partial charge in [-0.3, -0.25) is 14.8 Å². The van der Waals surface area contributed by atoms with Gasteiger partial charge in [0.2, 0.25) is 0 Å². The molecule has 3 heterocycles. The molecule has 29 heavy (non-hydrogen) atoms. The van der Waals surface area contributed by atoms with Gasteiger partial charge in [-0.15, -0.1) is 0 Å². The Labute approximate surface area is 178 Å². The molecule has 3 rings (SSSR count). The topological polar surface area (TPSA) is 104 Å². The summed E-state index contributed by atoms with van der Waals surface area (Å²) >= 11 is 2.58. The Kier molecular flexibility index (Phi) is 6.92. The van der Waals surface area contributed by atoms with Crippen LogP contribution < -0.4 is 10.2 Å². The Bertz CT molecular complexity index is 1050. The van der Waals surface area contributed by atoms with Gasteiger partial charge in [-0.05, 0) is 44.2 Å². The molecule has 0 bridgehead atoms. The Balaban J connectivity index is 1.93. The van der Waals surface area contributed by atoms with Crippen molar-refractivity contribution in [3.8, 4) is 0 Å². The maximum atomic E-state index is 11.9. The number of aryl methyl sites for hydroxylation is 2. The van der Waals surface area contributed by atoms with Crippen molar-refractivity contribution in [3.05, 3.63) is 38.8 Å². The number of hydrogen-bond acceptors (Lipinski definition) is 8. The number of thioether (sulfide) groups is 1. The van der Waals surface area contributed by atoms with Gasteiger partial charge < -0.3 is 10.4 Å². The van der Waals surface area contributed by atoms with Gasteiger partial charge in [0.25, 0.3) is 0 Å². The molecule has 0 saturated heterocycles. The SMILES string of the molecule is Cc1cnc(C(C)Sc2nc(NC(CO)CC(C)C)c3sc(=O)[nH]c3n2)c(C)c1. The molecule has 0 spiro atoms. The molecular weight excluding hydrogens is 406 g/mol. The fourth-order valence-corrected chi connectivity index (χ4v) is 4.97. The minimum Gasteiger partial charge on any atom is -0.394 e. The lowest BCUT2D eigenvalue weighted by molar-refractivity contribution is 0.259. The first-order valence-corrected chi connectivity index (χ1v) is 11.3. The van der Waals surface area contributed by atoms with E-state index >= 15 is 0 Å². The van der Waals surface area contributed by atoms with E-state index in [2.05, 4.69) is 59.0 Å². The second kappa shape index (κ2) is 9.23.